The van der Waals surface area contributed by atoms with E-state index in [0.717, 1.165) is 19.4 Å². The van der Waals surface area contributed by atoms with Crippen LogP contribution in [0.5, 0.6) is 0 Å². The molecular formula is C10H16N2OS. The minimum absolute atomic E-state index is 0.193. The molecule has 0 spiro atoms. The molecular weight excluding hydrogens is 196 g/mol. The predicted octanol–water partition coefficient (Wildman–Crippen LogP) is 1.57. The molecule has 78 valence electrons. The Bertz CT molecular complexity index is 282. The van der Waals surface area contributed by atoms with Crippen LogP contribution in [-0.2, 0) is 0 Å². The van der Waals surface area contributed by atoms with Gasteiger partial charge in [-0.2, -0.15) is 0 Å². The minimum Gasteiger partial charge on any atom is -0.396 e. The number of hydrogen-bond acceptors (Lipinski definition) is 4. The maximum absolute atomic E-state index is 9.15. The number of nitrogens with zero attached hydrogens (tertiary/aromatic N) is 1. The Hall–Kier alpha value is -0.450. The first-order valence-electron chi connectivity index (χ1n) is 4.98. The van der Waals surface area contributed by atoms with Crippen molar-refractivity contribution in [3.05, 3.63) is 16.6 Å². The third-order valence-corrected chi connectivity index (χ3v) is 3.91. The highest BCUT2D eigenvalue weighted by atomic mass is 32.1. The molecule has 1 saturated carbocycles. The molecule has 0 aliphatic heterocycles. The first-order valence-corrected chi connectivity index (χ1v) is 5.86. The molecule has 1 aliphatic rings. The molecule has 2 N–H and O–H groups in total. The lowest BCUT2D eigenvalue weighted by atomic mass is 10.1. The van der Waals surface area contributed by atoms with Crippen molar-refractivity contribution in [2.45, 2.75) is 25.8 Å². The summed E-state index contributed by atoms with van der Waals surface area (Å²) in [5, 5.41) is 12.6. The molecule has 2 rings (SSSR count). The van der Waals surface area contributed by atoms with Gasteiger partial charge >= 0.3 is 0 Å². The third kappa shape index (κ3) is 2.13. The van der Waals surface area contributed by atoms with Crippen molar-refractivity contribution in [3.63, 3.8) is 0 Å². The lowest BCUT2D eigenvalue weighted by Gasteiger charge is -2.16. The van der Waals surface area contributed by atoms with E-state index in [-0.39, 0.29) is 5.41 Å². The number of nitrogens with one attached hydrogen (secondary N) is 1. The van der Waals surface area contributed by atoms with Crippen molar-refractivity contribution in [1.82, 2.24) is 10.3 Å². The van der Waals surface area contributed by atoms with Crippen molar-refractivity contribution in [2.75, 3.05) is 13.2 Å². The van der Waals surface area contributed by atoms with Crippen LogP contribution in [0.3, 0.4) is 0 Å². The molecule has 0 radical (unpaired) electrons. The molecule has 4 heteroatoms. The van der Waals surface area contributed by atoms with Gasteiger partial charge in [-0.3, -0.25) is 4.98 Å². The van der Waals surface area contributed by atoms with E-state index in [1.807, 2.05) is 11.7 Å². The SMILES string of the molecule is CC(NCC1(CO)CC1)c1cncs1. The van der Waals surface area contributed by atoms with E-state index in [1.165, 1.54) is 4.88 Å². The Morgan fingerprint density at radius 1 is 1.71 bits per heavy atom. The largest absolute Gasteiger partial charge is 0.396 e. The molecule has 0 amide bonds. The van der Waals surface area contributed by atoms with Crippen LogP contribution >= 0.6 is 11.3 Å². The molecule has 0 bridgehead atoms. The van der Waals surface area contributed by atoms with E-state index in [1.54, 1.807) is 11.3 Å². The Kier molecular flexibility index (Phi) is 2.85. The zero-order chi connectivity index (χ0) is 10.0. The fourth-order valence-corrected chi connectivity index (χ4v) is 2.13. The smallest absolute Gasteiger partial charge is 0.0794 e. The molecule has 1 heterocycles. The molecule has 1 unspecified atom stereocenters. The maximum atomic E-state index is 9.15. The molecule has 0 aromatic carbocycles. The molecule has 1 fully saturated rings. The number of aromatic nitrogens is 1. The lowest BCUT2D eigenvalue weighted by molar-refractivity contribution is 0.205. The van der Waals surface area contributed by atoms with Crippen LogP contribution in [0, 0.1) is 5.41 Å². The number of rotatable bonds is 5. The average molecular weight is 212 g/mol. The Morgan fingerprint density at radius 2 is 2.50 bits per heavy atom. The van der Waals surface area contributed by atoms with Gasteiger partial charge in [0, 0.05) is 35.7 Å². The highest BCUT2D eigenvalue weighted by Crippen LogP contribution is 2.44. The summed E-state index contributed by atoms with van der Waals surface area (Å²) >= 11 is 1.67. The summed E-state index contributed by atoms with van der Waals surface area (Å²) in [7, 11) is 0. The van der Waals surface area contributed by atoms with Gasteiger partial charge < -0.3 is 10.4 Å². The first kappa shape index (κ1) is 10.1. The highest BCUT2D eigenvalue weighted by molar-refractivity contribution is 7.09. The second-order valence-electron chi connectivity index (χ2n) is 4.16. The van der Waals surface area contributed by atoms with Crippen LogP contribution in [0.15, 0.2) is 11.7 Å². The van der Waals surface area contributed by atoms with E-state index < -0.39 is 0 Å². The van der Waals surface area contributed by atoms with Crippen molar-refractivity contribution < 1.29 is 5.11 Å². The zero-order valence-electron chi connectivity index (χ0n) is 8.36. The summed E-state index contributed by atoms with van der Waals surface area (Å²) < 4.78 is 0. The fourth-order valence-electron chi connectivity index (χ4n) is 1.48. The summed E-state index contributed by atoms with van der Waals surface area (Å²) in [5.74, 6) is 0. The monoisotopic (exact) mass is 212 g/mol. The van der Waals surface area contributed by atoms with Gasteiger partial charge in [0.05, 0.1) is 5.51 Å². The van der Waals surface area contributed by atoms with Crippen molar-refractivity contribution in [2.24, 2.45) is 5.41 Å². The Morgan fingerprint density at radius 3 is 3.00 bits per heavy atom. The number of hydrogen-bond donors (Lipinski definition) is 2. The van der Waals surface area contributed by atoms with E-state index in [9.17, 15) is 0 Å². The maximum Gasteiger partial charge on any atom is 0.0794 e. The van der Waals surface area contributed by atoms with Gasteiger partial charge in [0.25, 0.3) is 0 Å². The molecule has 1 atom stereocenters. The fraction of sp³-hybridized carbons (Fsp3) is 0.700. The number of aliphatic hydroxyl groups is 1. The number of aliphatic hydroxyl groups excluding tert-OH is 1. The van der Waals surface area contributed by atoms with Crippen LogP contribution in [-0.4, -0.2) is 23.2 Å². The first-order chi connectivity index (χ1) is 6.76. The molecule has 1 aromatic heterocycles. The second kappa shape index (κ2) is 3.96. The van der Waals surface area contributed by atoms with E-state index in [2.05, 4.69) is 17.2 Å². The van der Waals surface area contributed by atoms with Gasteiger partial charge in [0.1, 0.15) is 0 Å². The molecule has 3 nitrogen and oxygen atoms in total. The molecule has 1 aromatic rings. The van der Waals surface area contributed by atoms with Crippen LogP contribution < -0.4 is 5.32 Å². The average Bonchev–Trinajstić information content (AvgIpc) is 2.78. The normalized spacial score (nSPS) is 20.7. The van der Waals surface area contributed by atoms with Crippen LogP contribution in [0.1, 0.15) is 30.7 Å². The number of thiazole rings is 1. The van der Waals surface area contributed by atoms with Crippen molar-refractivity contribution >= 4 is 11.3 Å². The molecule has 14 heavy (non-hydrogen) atoms. The zero-order valence-corrected chi connectivity index (χ0v) is 9.18. The van der Waals surface area contributed by atoms with Gasteiger partial charge in [-0.05, 0) is 19.8 Å². The molecule has 1 aliphatic carbocycles. The summed E-state index contributed by atoms with van der Waals surface area (Å²) in [6.45, 7) is 3.37. The summed E-state index contributed by atoms with van der Waals surface area (Å²) in [4.78, 5) is 5.32. The Labute approximate surface area is 88.2 Å². The van der Waals surface area contributed by atoms with Gasteiger partial charge in [0.2, 0.25) is 0 Å². The van der Waals surface area contributed by atoms with E-state index in [0.29, 0.717) is 12.6 Å². The molecule has 0 saturated heterocycles. The minimum atomic E-state index is 0.193. The standard InChI is InChI=1S/C10H16N2OS/c1-8(9-4-11-7-14-9)12-5-10(6-13)2-3-10/h4,7-8,12-13H,2-3,5-6H2,1H3. The van der Waals surface area contributed by atoms with Gasteiger partial charge in [0.15, 0.2) is 0 Å². The van der Waals surface area contributed by atoms with Crippen LogP contribution in [0.25, 0.3) is 0 Å². The highest BCUT2D eigenvalue weighted by Gasteiger charge is 2.41. The van der Waals surface area contributed by atoms with Crippen LogP contribution in [0.4, 0.5) is 0 Å². The summed E-state index contributed by atoms with van der Waals surface area (Å²) in [6.07, 6.45) is 4.22. The van der Waals surface area contributed by atoms with E-state index in [4.69, 9.17) is 5.11 Å². The quantitative estimate of drug-likeness (QED) is 0.778. The third-order valence-electron chi connectivity index (χ3n) is 2.95. The van der Waals surface area contributed by atoms with Crippen LogP contribution in [0.2, 0.25) is 0 Å². The van der Waals surface area contributed by atoms with Gasteiger partial charge in [-0.1, -0.05) is 0 Å². The Balaban J connectivity index is 1.81. The predicted molar refractivity (Wildman–Crippen MR) is 57.3 cm³/mol. The van der Waals surface area contributed by atoms with E-state index >= 15 is 0 Å². The second-order valence-corrected chi connectivity index (χ2v) is 5.08. The topological polar surface area (TPSA) is 45.1 Å². The van der Waals surface area contributed by atoms with Crippen molar-refractivity contribution in [1.29, 1.82) is 0 Å². The summed E-state index contributed by atoms with van der Waals surface area (Å²) in [5.41, 5.74) is 2.05. The lowest BCUT2D eigenvalue weighted by Crippen LogP contribution is -2.28. The van der Waals surface area contributed by atoms with Gasteiger partial charge in [-0.15, -0.1) is 11.3 Å². The van der Waals surface area contributed by atoms with Gasteiger partial charge in [-0.25, -0.2) is 0 Å². The van der Waals surface area contributed by atoms with Crippen molar-refractivity contribution in [3.8, 4) is 0 Å². The summed E-state index contributed by atoms with van der Waals surface area (Å²) in [6, 6.07) is 0.353.